The summed E-state index contributed by atoms with van der Waals surface area (Å²) in [5.41, 5.74) is 6.80. The van der Waals surface area contributed by atoms with Crippen molar-refractivity contribution in [3.05, 3.63) is 33.4 Å². The third kappa shape index (κ3) is 7.50. The van der Waals surface area contributed by atoms with Crippen molar-refractivity contribution < 1.29 is 4.79 Å². The lowest BCUT2D eigenvalue weighted by atomic mass is 10.1. The van der Waals surface area contributed by atoms with Crippen LogP contribution in [0, 0.1) is 3.57 Å². The Hall–Kier alpha value is -0.270. The van der Waals surface area contributed by atoms with E-state index in [2.05, 4.69) is 64.8 Å². The number of benzene rings is 1. The summed E-state index contributed by atoms with van der Waals surface area (Å²) in [6, 6.07) is 8.56. The van der Waals surface area contributed by atoms with Gasteiger partial charge in [0.05, 0.1) is 0 Å². The Morgan fingerprint density at radius 2 is 2.05 bits per heavy atom. The molecule has 0 radical (unpaired) electrons. The minimum atomic E-state index is 0.112. The smallest absolute Gasteiger partial charge is 0.220 e. The van der Waals surface area contributed by atoms with Crippen LogP contribution in [0.15, 0.2) is 24.3 Å². The molecule has 0 aliphatic carbocycles. The number of nitrogens with one attached hydrogen (secondary N) is 1. The molecule has 2 atom stereocenters. The average Bonchev–Trinajstić information content (AvgIpc) is 2.40. The number of halogens is 1. The van der Waals surface area contributed by atoms with Crippen molar-refractivity contribution in [2.75, 3.05) is 6.54 Å². The summed E-state index contributed by atoms with van der Waals surface area (Å²) in [5.74, 6) is 0.112. The van der Waals surface area contributed by atoms with Crippen molar-refractivity contribution in [2.45, 2.75) is 43.9 Å². The van der Waals surface area contributed by atoms with Crippen LogP contribution in [0.25, 0.3) is 0 Å². The van der Waals surface area contributed by atoms with Gasteiger partial charge in [-0.25, -0.2) is 0 Å². The van der Waals surface area contributed by atoms with Crippen molar-refractivity contribution in [1.29, 1.82) is 0 Å². The van der Waals surface area contributed by atoms with Crippen molar-refractivity contribution in [3.8, 4) is 0 Å². The van der Waals surface area contributed by atoms with Gasteiger partial charge in [-0.15, -0.1) is 0 Å². The number of aryl methyl sites for hydroxylation is 1. The second-order valence-corrected chi connectivity index (χ2v) is 7.05. The molecule has 112 valence electrons. The zero-order valence-corrected chi connectivity index (χ0v) is 14.9. The summed E-state index contributed by atoms with van der Waals surface area (Å²) in [7, 11) is 0. The molecule has 1 aromatic carbocycles. The lowest BCUT2D eigenvalue weighted by molar-refractivity contribution is -0.121. The highest BCUT2D eigenvalue weighted by molar-refractivity contribution is 14.1. The minimum absolute atomic E-state index is 0.112. The Morgan fingerprint density at radius 3 is 2.65 bits per heavy atom. The Balaban J connectivity index is 2.21. The normalized spacial score (nSPS) is 13.8. The summed E-state index contributed by atoms with van der Waals surface area (Å²) < 4.78 is 1.24. The van der Waals surface area contributed by atoms with Gasteiger partial charge in [-0.05, 0) is 66.5 Å². The molecule has 0 aromatic heterocycles. The summed E-state index contributed by atoms with van der Waals surface area (Å²) in [5, 5.41) is 3.15. The lowest BCUT2D eigenvalue weighted by Crippen LogP contribution is -2.35. The van der Waals surface area contributed by atoms with Crippen molar-refractivity contribution in [2.24, 2.45) is 5.73 Å². The standard InChI is InChI=1S/C15H23IN2OS/c1-11(9-14(20)10-17)18-15(19)4-2-3-12-5-7-13(16)8-6-12/h5-8,11,14,20H,2-4,9-10,17H2,1H3,(H,18,19). The van der Waals surface area contributed by atoms with Crippen molar-refractivity contribution in [3.63, 3.8) is 0 Å². The van der Waals surface area contributed by atoms with Crippen LogP contribution < -0.4 is 11.1 Å². The summed E-state index contributed by atoms with van der Waals surface area (Å²) in [6.45, 7) is 2.53. The van der Waals surface area contributed by atoms with Gasteiger partial charge in [0.25, 0.3) is 0 Å². The van der Waals surface area contributed by atoms with Gasteiger partial charge in [-0.1, -0.05) is 12.1 Å². The highest BCUT2D eigenvalue weighted by Crippen LogP contribution is 2.10. The maximum atomic E-state index is 11.8. The molecule has 1 rings (SSSR count). The van der Waals surface area contributed by atoms with Crippen LogP contribution >= 0.6 is 35.2 Å². The Labute approximate surface area is 140 Å². The zero-order chi connectivity index (χ0) is 15.0. The lowest BCUT2D eigenvalue weighted by Gasteiger charge is -2.16. The molecule has 2 unspecified atom stereocenters. The first-order chi connectivity index (χ1) is 9.51. The number of hydrogen-bond acceptors (Lipinski definition) is 3. The molecular formula is C15H23IN2OS. The van der Waals surface area contributed by atoms with Crippen LogP contribution in [0.4, 0.5) is 0 Å². The van der Waals surface area contributed by atoms with E-state index in [1.54, 1.807) is 0 Å². The van der Waals surface area contributed by atoms with E-state index in [4.69, 9.17) is 5.73 Å². The summed E-state index contributed by atoms with van der Waals surface area (Å²) >= 11 is 6.63. The van der Waals surface area contributed by atoms with Crippen molar-refractivity contribution >= 4 is 41.1 Å². The molecule has 0 saturated carbocycles. The van der Waals surface area contributed by atoms with E-state index in [0.717, 1.165) is 19.3 Å². The minimum Gasteiger partial charge on any atom is -0.354 e. The van der Waals surface area contributed by atoms with Gasteiger partial charge < -0.3 is 11.1 Å². The molecule has 0 aliphatic heterocycles. The second-order valence-electron chi connectivity index (χ2n) is 5.07. The Kier molecular flexibility index (Phi) is 8.56. The highest BCUT2D eigenvalue weighted by atomic mass is 127. The number of carbonyl (C=O) groups excluding carboxylic acids is 1. The second kappa shape index (κ2) is 9.63. The predicted molar refractivity (Wildman–Crippen MR) is 96.1 cm³/mol. The number of rotatable bonds is 8. The molecule has 0 bridgehead atoms. The first kappa shape index (κ1) is 17.8. The van der Waals surface area contributed by atoms with Crippen LogP contribution in [-0.2, 0) is 11.2 Å². The molecule has 0 aliphatic rings. The van der Waals surface area contributed by atoms with Gasteiger partial charge in [0.15, 0.2) is 0 Å². The fourth-order valence-corrected chi connectivity index (χ4v) is 2.69. The SMILES string of the molecule is CC(CC(S)CN)NC(=O)CCCc1ccc(I)cc1. The third-order valence-electron chi connectivity index (χ3n) is 3.09. The van der Waals surface area contributed by atoms with Crippen LogP contribution in [0.2, 0.25) is 0 Å². The van der Waals surface area contributed by atoms with E-state index in [1.807, 2.05) is 6.92 Å². The molecule has 0 saturated heterocycles. The average molecular weight is 406 g/mol. The van der Waals surface area contributed by atoms with Gasteiger partial charge in [0, 0.05) is 27.8 Å². The molecule has 0 fully saturated rings. The van der Waals surface area contributed by atoms with Gasteiger partial charge in [-0.3, -0.25) is 4.79 Å². The maximum Gasteiger partial charge on any atom is 0.220 e. The van der Waals surface area contributed by atoms with Crippen LogP contribution in [0.5, 0.6) is 0 Å². The van der Waals surface area contributed by atoms with Crippen LogP contribution in [-0.4, -0.2) is 23.7 Å². The van der Waals surface area contributed by atoms with E-state index in [1.165, 1.54) is 9.13 Å². The summed E-state index contributed by atoms with van der Waals surface area (Å²) in [4.78, 5) is 11.8. The van der Waals surface area contributed by atoms with Crippen LogP contribution in [0.3, 0.4) is 0 Å². The largest absolute Gasteiger partial charge is 0.354 e. The molecule has 1 amide bonds. The topological polar surface area (TPSA) is 55.1 Å². The first-order valence-corrected chi connectivity index (χ1v) is 8.52. The van der Waals surface area contributed by atoms with Gasteiger partial charge in [0.2, 0.25) is 5.91 Å². The Bertz CT molecular complexity index is 411. The Morgan fingerprint density at radius 1 is 1.40 bits per heavy atom. The van der Waals surface area contributed by atoms with E-state index in [-0.39, 0.29) is 17.2 Å². The number of hydrogen-bond donors (Lipinski definition) is 3. The number of nitrogens with two attached hydrogens (primary N) is 1. The number of amides is 1. The maximum absolute atomic E-state index is 11.8. The van der Waals surface area contributed by atoms with Gasteiger partial charge in [-0.2, -0.15) is 12.6 Å². The number of carbonyl (C=O) groups is 1. The highest BCUT2D eigenvalue weighted by Gasteiger charge is 2.10. The fourth-order valence-electron chi connectivity index (χ4n) is 2.01. The fraction of sp³-hybridized carbons (Fsp3) is 0.533. The van der Waals surface area contributed by atoms with Gasteiger partial charge in [0.1, 0.15) is 0 Å². The number of thiol groups is 1. The molecule has 20 heavy (non-hydrogen) atoms. The quantitative estimate of drug-likeness (QED) is 0.460. The molecule has 0 heterocycles. The predicted octanol–water partition coefficient (Wildman–Crippen LogP) is 2.77. The van der Waals surface area contributed by atoms with Crippen molar-refractivity contribution in [1.82, 2.24) is 5.32 Å². The van der Waals surface area contributed by atoms with E-state index < -0.39 is 0 Å². The van der Waals surface area contributed by atoms with E-state index in [9.17, 15) is 4.79 Å². The molecule has 3 N–H and O–H groups in total. The van der Waals surface area contributed by atoms with E-state index >= 15 is 0 Å². The summed E-state index contributed by atoms with van der Waals surface area (Å²) in [6.07, 6.45) is 3.19. The van der Waals surface area contributed by atoms with Gasteiger partial charge >= 0.3 is 0 Å². The monoisotopic (exact) mass is 406 g/mol. The molecule has 1 aromatic rings. The third-order valence-corrected chi connectivity index (χ3v) is 4.23. The van der Waals surface area contributed by atoms with Crippen LogP contribution in [0.1, 0.15) is 31.7 Å². The zero-order valence-electron chi connectivity index (χ0n) is 11.8. The molecule has 0 spiro atoms. The molecule has 5 heteroatoms. The molecule has 3 nitrogen and oxygen atoms in total. The first-order valence-electron chi connectivity index (χ1n) is 6.93. The van der Waals surface area contributed by atoms with E-state index in [0.29, 0.717) is 13.0 Å². The molecular weight excluding hydrogens is 383 g/mol.